The summed E-state index contributed by atoms with van der Waals surface area (Å²) < 4.78 is 39.5. The van der Waals surface area contributed by atoms with Gasteiger partial charge in [-0.2, -0.15) is 13.2 Å². The first-order valence-corrected chi connectivity index (χ1v) is 11.0. The summed E-state index contributed by atoms with van der Waals surface area (Å²) in [4.78, 5) is 16.7. The number of hydrogen-bond donors (Lipinski definition) is 1. The van der Waals surface area contributed by atoms with Crippen LogP contribution in [0.2, 0.25) is 5.02 Å². The van der Waals surface area contributed by atoms with E-state index in [1.54, 1.807) is 35.2 Å². The topological polar surface area (TPSA) is 40.5 Å². The molecule has 0 spiro atoms. The van der Waals surface area contributed by atoms with Gasteiger partial charge >= 0.3 is 6.18 Å². The minimum atomic E-state index is -4.15. The second kappa shape index (κ2) is 9.89. The Labute approximate surface area is 195 Å². The van der Waals surface area contributed by atoms with Crippen LogP contribution in [0.5, 0.6) is 0 Å². The molecule has 1 aliphatic heterocycles. The van der Waals surface area contributed by atoms with Gasteiger partial charge in [-0.3, -0.25) is 9.69 Å². The lowest BCUT2D eigenvalue weighted by atomic mass is 10.1. The highest BCUT2D eigenvalue weighted by Gasteiger charge is 2.29. The van der Waals surface area contributed by atoms with Gasteiger partial charge in [0.05, 0.1) is 17.8 Å². The molecule has 0 radical (unpaired) electrons. The fourth-order valence-electron chi connectivity index (χ4n) is 3.86. The molecule has 1 aliphatic rings. The van der Waals surface area contributed by atoms with Crippen LogP contribution < -0.4 is 10.2 Å². The van der Waals surface area contributed by atoms with Crippen molar-refractivity contribution in [2.45, 2.75) is 12.6 Å². The molecule has 33 heavy (non-hydrogen) atoms. The maximum Gasteiger partial charge on any atom is 0.390 e. The first-order chi connectivity index (χ1) is 15.8. The van der Waals surface area contributed by atoms with E-state index in [1.807, 2.05) is 46.1 Å². The Kier molecular flexibility index (Phi) is 6.95. The Bertz CT molecular complexity index is 1080. The minimum absolute atomic E-state index is 0.00448. The van der Waals surface area contributed by atoms with Crippen LogP contribution in [0.15, 0.2) is 67.0 Å². The van der Waals surface area contributed by atoms with Gasteiger partial charge in [0.1, 0.15) is 0 Å². The fraction of sp³-hybridized carbons (Fsp3) is 0.292. The predicted molar refractivity (Wildman–Crippen MR) is 124 cm³/mol. The van der Waals surface area contributed by atoms with Crippen LogP contribution in [0.4, 0.5) is 24.5 Å². The summed E-state index contributed by atoms with van der Waals surface area (Å²) in [5, 5.41) is 3.48. The number of rotatable bonds is 6. The number of hydrogen-bond acceptors (Lipinski definition) is 3. The second-order valence-electron chi connectivity index (χ2n) is 7.95. The van der Waals surface area contributed by atoms with Gasteiger partial charge < -0.3 is 14.8 Å². The van der Waals surface area contributed by atoms with Crippen LogP contribution in [-0.4, -0.2) is 54.3 Å². The molecule has 0 atom stereocenters. The van der Waals surface area contributed by atoms with E-state index in [-0.39, 0.29) is 12.5 Å². The Morgan fingerprint density at radius 3 is 2.27 bits per heavy atom. The van der Waals surface area contributed by atoms with Crippen molar-refractivity contribution >= 4 is 28.9 Å². The van der Waals surface area contributed by atoms with Crippen LogP contribution in [0, 0.1) is 0 Å². The lowest BCUT2D eigenvalue weighted by Gasteiger charge is -2.37. The zero-order chi connectivity index (χ0) is 23.4. The number of amides is 1. The van der Waals surface area contributed by atoms with Crippen molar-refractivity contribution in [1.82, 2.24) is 9.47 Å². The Morgan fingerprint density at radius 1 is 0.970 bits per heavy atom. The molecule has 9 heteroatoms. The van der Waals surface area contributed by atoms with Crippen molar-refractivity contribution in [2.24, 2.45) is 0 Å². The highest BCUT2D eigenvalue weighted by atomic mass is 35.5. The number of anilines is 2. The van der Waals surface area contributed by atoms with Crippen molar-refractivity contribution in [1.29, 1.82) is 0 Å². The number of halogens is 4. The molecular formula is C24H24ClF3N4O. The molecule has 1 N–H and O–H groups in total. The number of carbonyl (C=O) groups excluding carboxylic acids is 1. The van der Waals surface area contributed by atoms with Crippen LogP contribution in [0.25, 0.3) is 5.69 Å². The first-order valence-electron chi connectivity index (χ1n) is 10.7. The van der Waals surface area contributed by atoms with Crippen LogP contribution in [0.3, 0.4) is 0 Å². The van der Waals surface area contributed by atoms with Crippen molar-refractivity contribution in [3.8, 4) is 5.69 Å². The van der Waals surface area contributed by atoms with Crippen molar-refractivity contribution < 1.29 is 18.0 Å². The number of nitrogens with zero attached hydrogens (tertiary/aromatic N) is 3. The van der Waals surface area contributed by atoms with Crippen molar-refractivity contribution in [2.75, 3.05) is 42.9 Å². The van der Waals surface area contributed by atoms with Gasteiger partial charge in [-0.15, -0.1) is 0 Å². The van der Waals surface area contributed by atoms with E-state index in [9.17, 15) is 18.0 Å². The second-order valence-corrected chi connectivity index (χ2v) is 8.38. The summed E-state index contributed by atoms with van der Waals surface area (Å²) in [5.74, 6) is -0.249. The molecule has 0 saturated carbocycles. The van der Waals surface area contributed by atoms with E-state index in [0.29, 0.717) is 42.5 Å². The first kappa shape index (κ1) is 23.2. The normalized spacial score (nSPS) is 15.0. The summed E-state index contributed by atoms with van der Waals surface area (Å²) in [6.07, 6.45) is -1.11. The monoisotopic (exact) mass is 476 g/mol. The van der Waals surface area contributed by atoms with Crippen LogP contribution in [0.1, 0.15) is 16.8 Å². The number of alkyl halides is 3. The quantitative estimate of drug-likeness (QED) is 0.514. The zero-order valence-electron chi connectivity index (χ0n) is 17.9. The number of nitrogens with one attached hydrogen (secondary N) is 1. The maximum absolute atomic E-state index is 12.9. The van der Waals surface area contributed by atoms with E-state index in [2.05, 4.69) is 5.32 Å². The molecule has 0 bridgehead atoms. The maximum atomic E-state index is 12.9. The summed E-state index contributed by atoms with van der Waals surface area (Å²) in [7, 11) is 0. The molecule has 2 heterocycles. The molecule has 0 unspecified atom stereocenters. The van der Waals surface area contributed by atoms with Gasteiger partial charge in [0.2, 0.25) is 0 Å². The molecule has 1 fully saturated rings. The number of benzene rings is 2. The number of piperazine rings is 1. The Balaban J connectivity index is 1.42. The number of carbonyl (C=O) groups is 1. The van der Waals surface area contributed by atoms with Gasteiger partial charge in [-0.1, -0.05) is 11.6 Å². The van der Waals surface area contributed by atoms with Crippen LogP contribution in [-0.2, 0) is 0 Å². The molecule has 174 valence electrons. The minimum Gasteiger partial charge on any atom is -0.367 e. The highest BCUT2D eigenvalue weighted by molar-refractivity contribution is 6.31. The van der Waals surface area contributed by atoms with Gasteiger partial charge in [-0.05, 0) is 54.6 Å². The summed E-state index contributed by atoms with van der Waals surface area (Å²) in [6, 6.07) is 16.4. The average Bonchev–Trinajstić information content (AvgIpc) is 3.34. The van der Waals surface area contributed by atoms with Crippen LogP contribution >= 0.6 is 11.6 Å². The number of aromatic nitrogens is 1. The van der Waals surface area contributed by atoms with Crippen molar-refractivity contribution in [3.05, 3.63) is 77.6 Å². The summed E-state index contributed by atoms with van der Waals surface area (Å²) in [6.45, 7) is 2.11. The van der Waals surface area contributed by atoms with Crippen molar-refractivity contribution in [3.63, 3.8) is 0 Å². The van der Waals surface area contributed by atoms with Gasteiger partial charge in [-0.25, -0.2) is 0 Å². The largest absolute Gasteiger partial charge is 0.390 e. The van der Waals surface area contributed by atoms with Gasteiger partial charge in [0.15, 0.2) is 0 Å². The summed E-state index contributed by atoms with van der Waals surface area (Å²) >= 11 is 6.21. The lowest BCUT2D eigenvalue weighted by molar-refractivity contribution is -0.138. The SMILES string of the molecule is O=C(Nc1ccc(Cl)cc1N1CCN(CCC(F)(F)F)CC1)c1ccc(-n2cccc2)cc1. The van der Waals surface area contributed by atoms with E-state index in [0.717, 1.165) is 11.4 Å². The van der Waals surface area contributed by atoms with Gasteiger partial charge in [0.25, 0.3) is 5.91 Å². The molecule has 1 saturated heterocycles. The lowest BCUT2D eigenvalue weighted by Crippen LogP contribution is -2.47. The predicted octanol–water partition coefficient (Wildman–Crippen LogP) is 5.46. The average molecular weight is 477 g/mol. The molecular weight excluding hydrogens is 453 g/mol. The smallest absolute Gasteiger partial charge is 0.367 e. The van der Waals surface area contributed by atoms with E-state index in [1.165, 1.54) is 0 Å². The molecule has 0 aliphatic carbocycles. The van der Waals surface area contributed by atoms with E-state index < -0.39 is 12.6 Å². The Morgan fingerprint density at radius 2 is 1.64 bits per heavy atom. The molecule has 1 aromatic heterocycles. The highest BCUT2D eigenvalue weighted by Crippen LogP contribution is 2.31. The third-order valence-corrected chi connectivity index (χ3v) is 5.90. The molecule has 2 aromatic carbocycles. The standard InChI is InChI=1S/C24H24ClF3N4O/c25-19-5-8-21(22(17-19)32-15-13-30(14-16-32)12-9-24(26,27)28)29-23(33)18-3-6-20(7-4-18)31-10-1-2-11-31/h1-8,10-11,17H,9,12-16H2,(H,29,33). The molecule has 3 aromatic rings. The molecule has 5 nitrogen and oxygen atoms in total. The summed E-state index contributed by atoms with van der Waals surface area (Å²) in [5.41, 5.74) is 2.84. The molecule has 4 rings (SSSR count). The van der Waals surface area contributed by atoms with E-state index in [4.69, 9.17) is 11.6 Å². The Hall–Kier alpha value is -2.97. The third-order valence-electron chi connectivity index (χ3n) is 5.66. The van der Waals surface area contributed by atoms with Gasteiger partial charge in [0, 0.05) is 61.4 Å². The van der Waals surface area contributed by atoms with E-state index >= 15 is 0 Å². The zero-order valence-corrected chi connectivity index (χ0v) is 18.6. The molecule has 1 amide bonds. The fourth-order valence-corrected chi connectivity index (χ4v) is 4.02. The third kappa shape index (κ3) is 6.09.